The van der Waals surface area contributed by atoms with Gasteiger partial charge in [-0.2, -0.15) is 0 Å². The number of phenolic OH excluding ortho intramolecular Hbond substituents is 2. The second-order valence-electron chi connectivity index (χ2n) is 14.7. The molecule has 3 aromatic rings. The number of carboxylic acid groups (broad SMARTS) is 1. The first-order valence-corrected chi connectivity index (χ1v) is 20.2. The molecule has 2 saturated heterocycles. The molecular formula is C36H42ClN8O11S2+. The van der Waals surface area contributed by atoms with Crippen molar-refractivity contribution in [3.63, 3.8) is 0 Å². The van der Waals surface area contributed by atoms with Crippen LogP contribution in [0.15, 0.2) is 38.9 Å². The number of aromatic hydroxyl groups is 2. The number of quaternary nitrogens is 1. The number of nitrogens with zero attached hydrogens (tertiary/aromatic N) is 5. The standard InChI is InChI=1S/C36H41ClN8O11S2/c1-16-18(14-45(9-6-7-10-45)11-8-39-29(49)17-13-43(4)20-12-21(46)28(48)23(37)22(20)27(17)47)26(33(52)55-5)44-31(51)25(32(44)58-16)41-30(50)24(19-15-57-35(38)40-19)42-56-36(2,3)34(53)54/h12-13,15-16,25,32H,6-11,14H2,1-5H3,(H6-,38,39,40,41,42,46,47,48,49,50,53,54)/p+1. The number of esters is 1. The molecule has 19 nitrogen and oxygen atoms in total. The maximum absolute atomic E-state index is 13.8. The van der Waals surface area contributed by atoms with Crippen molar-refractivity contribution in [2.24, 2.45) is 12.2 Å². The summed E-state index contributed by atoms with van der Waals surface area (Å²) in [6.45, 7) is 6.71. The number of amides is 3. The number of likely N-dealkylation sites (tertiary alicyclic amines) is 1. The molecule has 0 bridgehead atoms. The third-order valence-corrected chi connectivity index (χ3v) is 13.0. The lowest BCUT2D eigenvalue weighted by atomic mass is 9.99. The van der Waals surface area contributed by atoms with Crippen LogP contribution in [-0.4, -0.2) is 132 Å². The van der Waals surface area contributed by atoms with Gasteiger partial charge in [-0.25, -0.2) is 14.6 Å². The van der Waals surface area contributed by atoms with E-state index in [4.69, 9.17) is 26.9 Å². The average molecular weight is 862 g/mol. The largest absolute Gasteiger partial charge is 0.504 e. The Balaban J connectivity index is 1.21. The van der Waals surface area contributed by atoms with Crippen molar-refractivity contribution in [2.45, 2.75) is 55.9 Å². The van der Waals surface area contributed by atoms with Crippen LogP contribution in [0, 0.1) is 0 Å². The maximum Gasteiger partial charge on any atom is 0.355 e. The number of pyridine rings is 1. The number of aliphatic carboxylic acids is 1. The van der Waals surface area contributed by atoms with Crippen LogP contribution < -0.4 is 21.8 Å². The molecular weight excluding hydrogens is 820 g/mol. The zero-order chi connectivity index (χ0) is 42.4. The number of fused-ring (bicyclic) bond motifs is 2. The van der Waals surface area contributed by atoms with Gasteiger partial charge in [0.05, 0.1) is 49.2 Å². The fourth-order valence-electron chi connectivity index (χ4n) is 7.21. The minimum Gasteiger partial charge on any atom is -0.504 e. The van der Waals surface area contributed by atoms with Gasteiger partial charge >= 0.3 is 11.9 Å². The Bertz CT molecular complexity index is 2350. The highest BCUT2D eigenvalue weighted by Gasteiger charge is 2.57. The van der Waals surface area contributed by atoms with Gasteiger partial charge in [-0.3, -0.25) is 24.1 Å². The molecule has 6 rings (SSSR count). The number of benzene rings is 1. The van der Waals surface area contributed by atoms with E-state index in [1.165, 1.54) is 59.8 Å². The number of methoxy groups -OCH3 is 1. The molecule has 3 unspecified atom stereocenters. The number of thiazole rings is 1. The molecule has 7 N–H and O–H groups in total. The van der Waals surface area contributed by atoms with Gasteiger partial charge in [0.15, 0.2) is 22.3 Å². The van der Waals surface area contributed by atoms with Crippen molar-refractivity contribution in [3.8, 4) is 11.5 Å². The van der Waals surface area contributed by atoms with E-state index in [0.29, 0.717) is 36.2 Å². The molecule has 1 aromatic carbocycles. The Labute approximate surface area is 344 Å². The van der Waals surface area contributed by atoms with E-state index in [-0.39, 0.29) is 49.8 Å². The van der Waals surface area contributed by atoms with Crippen LogP contribution in [0.25, 0.3) is 10.9 Å². The first-order chi connectivity index (χ1) is 27.3. The van der Waals surface area contributed by atoms with Gasteiger partial charge in [-0.1, -0.05) is 16.8 Å². The van der Waals surface area contributed by atoms with E-state index in [1.807, 2.05) is 6.92 Å². The zero-order valence-electron chi connectivity index (χ0n) is 32.0. The highest BCUT2D eigenvalue weighted by molar-refractivity contribution is 8.00. The Kier molecular flexibility index (Phi) is 11.7. The normalized spacial score (nSPS) is 20.4. The van der Waals surface area contributed by atoms with Crippen LogP contribution in [-0.2, 0) is 35.8 Å². The molecule has 310 valence electrons. The smallest absolute Gasteiger partial charge is 0.355 e. The molecule has 0 radical (unpaired) electrons. The minimum atomic E-state index is -1.80. The lowest BCUT2D eigenvalue weighted by molar-refractivity contribution is -0.911. The number of ether oxygens (including phenoxy) is 1. The fraction of sp³-hybridized carbons (Fsp3) is 0.444. The summed E-state index contributed by atoms with van der Waals surface area (Å²) in [4.78, 5) is 89.9. The number of nitrogens with two attached hydrogens (primary N) is 1. The van der Waals surface area contributed by atoms with Gasteiger partial charge in [0.25, 0.3) is 17.7 Å². The Morgan fingerprint density at radius 2 is 1.88 bits per heavy atom. The summed E-state index contributed by atoms with van der Waals surface area (Å²) >= 11 is 8.58. The highest BCUT2D eigenvalue weighted by Crippen LogP contribution is 2.45. The van der Waals surface area contributed by atoms with E-state index < -0.39 is 69.3 Å². The molecule has 3 aliphatic rings. The van der Waals surface area contributed by atoms with Gasteiger partial charge in [0.1, 0.15) is 34.9 Å². The van der Waals surface area contributed by atoms with E-state index in [9.17, 15) is 44.1 Å². The third-order valence-electron chi connectivity index (χ3n) is 10.5. The maximum atomic E-state index is 13.8. The van der Waals surface area contributed by atoms with Gasteiger partial charge in [-0.05, 0) is 20.8 Å². The lowest BCUT2D eigenvalue weighted by Gasteiger charge is -2.51. The molecule has 0 spiro atoms. The average Bonchev–Trinajstić information content (AvgIpc) is 3.83. The predicted octanol–water partition coefficient (Wildman–Crippen LogP) is 1.48. The van der Waals surface area contributed by atoms with Crippen LogP contribution >= 0.6 is 34.7 Å². The van der Waals surface area contributed by atoms with Crippen LogP contribution in [0.2, 0.25) is 5.02 Å². The number of hydrogen-bond donors (Lipinski definition) is 6. The number of hydrogen-bond acceptors (Lipinski definition) is 15. The topological polar surface area (TPSA) is 265 Å². The highest BCUT2D eigenvalue weighted by atomic mass is 35.5. The number of aromatic nitrogens is 2. The number of aryl methyl sites for hydroxylation is 1. The summed E-state index contributed by atoms with van der Waals surface area (Å²) in [7, 11) is 2.78. The number of nitrogens with one attached hydrogen (secondary N) is 2. The minimum absolute atomic E-state index is 0.00769. The molecule has 3 atom stereocenters. The first-order valence-electron chi connectivity index (χ1n) is 18.0. The summed E-state index contributed by atoms with van der Waals surface area (Å²) in [6.07, 6.45) is 3.07. The van der Waals surface area contributed by atoms with Gasteiger partial charge in [0.2, 0.25) is 11.0 Å². The molecule has 0 saturated carbocycles. The number of carbonyl (C=O) groups excluding carboxylic acids is 4. The number of oxime groups is 1. The van der Waals surface area contributed by atoms with Gasteiger partial charge < -0.3 is 50.3 Å². The van der Waals surface area contributed by atoms with Crippen molar-refractivity contribution in [1.29, 1.82) is 0 Å². The monoisotopic (exact) mass is 861 g/mol. The molecule has 2 aromatic heterocycles. The van der Waals surface area contributed by atoms with Crippen LogP contribution in [0.5, 0.6) is 11.5 Å². The number of carbonyl (C=O) groups is 5. The second-order valence-corrected chi connectivity index (χ2v) is 17.4. The molecule has 3 amide bonds. The Hall–Kier alpha value is -5.38. The quantitative estimate of drug-likeness (QED) is 0.0355. The van der Waals surface area contributed by atoms with Crippen molar-refractivity contribution in [1.82, 2.24) is 25.1 Å². The zero-order valence-corrected chi connectivity index (χ0v) is 34.4. The summed E-state index contributed by atoms with van der Waals surface area (Å²) in [5.74, 6) is -5.37. The number of anilines is 1. The first kappa shape index (κ1) is 42.2. The SMILES string of the molecule is COC(=O)C1=C(C[N+]2(CCNC(=O)c3cn(C)c4cc(O)c(O)c(Cl)c4c3=O)CCCC2)C(C)SC2C(NC(=O)C(=NOC(C)(C)C(=O)O)c3csc(N)n3)C(=O)N12. The van der Waals surface area contributed by atoms with E-state index >= 15 is 0 Å². The Morgan fingerprint density at radius 1 is 1.19 bits per heavy atom. The molecule has 2 fully saturated rings. The third kappa shape index (κ3) is 7.77. The van der Waals surface area contributed by atoms with Gasteiger partial charge in [-0.15, -0.1) is 23.1 Å². The summed E-state index contributed by atoms with van der Waals surface area (Å²) in [6, 6.07) is 0.0801. The molecule has 3 aliphatic heterocycles. The number of thioether (sulfide) groups is 1. The number of β-lactam (4-membered cyclic amide) rings is 1. The molecule has 22 heteroatoms. The molecule has 5 heterocycles. The van der Waals surface area contributed by atoms with Gasteiger partial charge in [0, 0.05) is 48.4 Å². The number of carboxylic acids is 1. The lowest BCUT2D eigenvalue weighted by Crippen LogP contribution is -2.72. The van der Waals surface area contributed by atoms with Crippen molar-refractivity contribution >= 4 is 86.1 Å². The van der Waals surface area contributed by atoms with Crippen molar-refractivity contribution < 1.29 is 53.3 Å². The van der Waals surface area contributed by atoms with Crippen molar-refractivity contribution in [3.05, 3.63) is 55.4 Å². The Morgan fingerprint density at radius 3 is 2.50 bits per heavy atom. The molecule has 0 aliphatic carbocycles. The molecule has 58 heavy (non-hydrogen) atoms. The van der Waals surface area contributed by atoms with Crippen LogP contribution in [0.4, 0.5) is 5.13 Å². The summed E-state index contributed by atoms with van der Waals surface area (Å²) in [5, 5.41) is 38.9. The van der Waals surface area contributed by atoms with Crippen LogP contribution in [0.1, 0.15) is 49.7 Å². The number of rotatable bonds is 13. The predicted molar refractivity (Wildman–Crippen MR) is 213 cm³/mol. The van der Waals surface area contributed by atoms with E-state index in [1.54, 1.807) is 7.05 Å². The summed E-state index contributed by atoms with van der Waals surface area (Å²) in [5.41, 5.74) is 3.61. The second kappa shape index (κ2) is 16.1. The van der Waals surface area contributed by atoms with E-state index in [2.05, 4.69) is 20.8 Å². The van der Waals surface area contributed by atoms with Crippen LogP contribution in [0.3, 0.4) is 0 Å². The summed E-state index contributed by atoms with van der Waals surface area (Å²) < 4.78 is 7.09. The number of nitrogen functional groups attached to an aromatic ring is 1. The fourth-order valence-corrected chi connectivity index (χ4v) is 9.48. The van der Waals surface area contributed by atoms with Crippen molar-refractivity contribution in [2.75, 3.05) is 45.6 Å². The van der Waals surface area contributed by atoms with E-state index in [0.717, 1.165) is 24.2 Å². The number of phenols is 2. The number of halogens is 1.